The number of anilines is 1. The van der Waals surface area contributed by atoms with Gasteiger partial charge in [-0.1, -0.05) is 0 Å². The zero-order valence-electron chi connectivity index (χ0n) is 13.8. The molecule has 1 fully saturated rings. The van der Waals surface area contributed by atoms with Gasteiger partial charge in [0.15, 0.2) is 0 Å². The fourth-order valence-corrected chi connectivity index (χ4v) is 3.54. The number of hydrogen-bond donors (Lipinski definition) is 4. The van der Waals surface area contributed by atoms with Crippen LogP contribution in [0.5, 0.6) is 0 Å². The molecule has 0 amide bonds. The van der Waals surface area contributed by atoms with Crippen molar-refractivity contribution in [1.29, 1.82) is 0 Å². The molecular weight excluding hydrogens is 300 g/mol. The number of nitrogens with one attached hydrogen (secondary N) is 4. The van der Waals surface area contributed by atoms with E-state index in [0.717, 1.165) is 23.9 Å². The number of hydrogen-bond acceptors (Lipinski definition) is 4. The number of nitrogens with zero attached hydrogens (tertiary/aromatic N) is 2. The molecule has 2 heterocycles. The Hall–Kier alpha value is -2.34. The molecule has 0 spiro atoms. The third kappa shape index (κ3) is 3.59. The molecule has 6 nitrogen and oxygen atoms in total. The van der Waals surface area contributed by atoms with Gasteiger partial charge in [0.05, 0.1) is 18.0 Å². The van der Waals surface area contributed by atoms with Crippen LogP contribution in [0.3, 0.4) is 0 Å². The Bertz CT molecular complexity index is 755. The largest absolute Gasteiger partial charge is 0.382 e. The Labute approximate surface area is 141 Å². The molecule has 1 aliphatic carbocycles. The summed E-state index contributed by atoms with van der Waals surface area (Å²) >= 11 is 0. The highest BCUT2D eigenvalue weighted by Crippen LogP contribution is 2.24. The normalized spacial score (nSPS) is 21.2. The summed E-state index contributed by atoms with van der Waals surface area (Å²) in [6, 6.07) is 7.61. The minimum Gasteiger partial charge on any atom is -0.382 e. The highest BCUT2D eigenvalue weighted by Gasteiger charge is 2.20. The second kappa shape index (κ2) is 7.05. The van der Waals surface area contributed by atoms with E-state index >= 15 is 0 Å². The van der Waals surface area contributed by atoms with E-state index in [1.54, 1.807) is 6.33 Å². The first kappa shape index (κ1) is 15.2. The average Bonchev–Trinajstić information content (AvgIpc) is 3.27. The fraction of sp³-hybridized carbons (Fsp3) is 0.444. The summed E-state index contributed by atoms with van der Waals surface area (Å²) in [5.41, 5.74) is 3.48. The van der Waals surface area contributed by atoms with Crippen LogP contribution in [0.1, 0.15) is 31.4 Å². The number of fused-ring (bicyclic) bond motifs is 1. The average molecular weight is 324 g/mol. The van der Waals surface area contributed by atoms with E-state index in [9.17, 15) is 0 Å². The first-order valence-corrected chi connectivity index (χ1v) is 8.77. The first-order chi connectivity index (χ1) is 11.9. The van der Waals surface area contributed by atoms with Crippen LogP contribution in [-0.2, 0) is 6.42 Å². The van der Waals surface area contributed by atoms with Crippen LogP contribution in [0.2, 0.25) is 0 Å². The smallest absolute Gasteiger partial charge is 0.0921 e. The molecular formula is C18H24N6. The van der Waals surface area contributed by atoms with Gasteiger partial charge in [-0.2, -0.15) is 5.10 Å². The van der Waals surface area contributed by atoms with Gasteiger partial charge in [-0.3, -0.25) is 5.10 Å². The van der Waals surface area contributed by atoms with Crippen molar-refractivity contribution < 1.29 is 0 Å². The van der Waals surface area contributed by atoms with Gasteiger partial charge < -0.3 is 15.6 Å². The summed E-state index contributed by atoms with van der Waals surface area (Å²) in [4.78, 5) is 7.21. The van der Waals surface area contributed by atoms with Gasteiger partial charge in [-0.05, 0) is 43.9 Å². The zero-order chi connectivity index (χ0) is 16.2. The standard InChI is InChI=1S/C18H24N6/c1-3-15(23-16-5-6-18-13(9-16)10-22-24-18)4-2-14(1)20-8-7-17-11-19-12-21-17/h5-6,9-12,14-15,20,23H,1-4,7-8H2,(H,19,21)(H,22,24)/t14-,15+. The van der Waals surface area contributed by atoms with Crippen molar-refractivity contribution in [1.82, 2.24) is 25.5 Å². The molecule has 0 aliphatic heterocycles. The van der Waals surface area contributed by atoms with Crippen LogP contribution in [0, 0.1) is 0 Å². The summed E-state index contributed by atoms with van der Waals surface area (Å²) in [5, 5.41) is 15.6. The van der Waals surface area contributed by atoms with Crippen LogP contribution in [0.4, 0.5) is 5.69 Å². The minimum atomic E-state index is 0.569. The second-order valence-corrected chi connectivity index (χ2v) is 6.65. The molecule has 0 saturated heterocycles. The lowest BCUT2D eigenvalue weighted by Gasteiger charge is -2.30. The van der Waals surface area contributed by atoms with E-state index in [1.807, 2.05) is 12.4 Å². The van der Waals surface area contributed by atoms with Crippen LogP contribution in [-0.4, -0.2) is 38.8 Å². The topological polar surface area (TPSA) is 81.4 Å². The Morgan fingerprint density at radius 1 is 1.08 bits per heavy atom. The Morgan fingerprint density at radius 2 is 1.96 bits per heavy atom. The predicted molar refractivity (Wildman–Crippen MR) is 96.1 cm³/mol. The maximum atomic E-state index is 4.08. The maximum Gasteiger partial charge on any atom is 0.0921 e. The molecule has 0 atom stereocenters. The van der Waals surface area contributed by atoms with Crippen LogP contribution >= 0.6 is 0 Å². The Morgan fingerprint density at radius 3 is 2.79 bits per heavy atom. The molecule has 0 unspecified atom stereocenters. The van der Waals surface area contributed by atoms with E-state index in [-0.39, 0.29) is 0 Å². The molecule has 3 aromatic rings. The van der Waals surface area contributed by atoms with Gasteiger partial charge in [0.25, 0.3) is 0 Å². The van der Waals surface area contributed by atoms with E-state index in [0.29, 0.717) is 12.1 Å². The number of aromatic amines is 2. The van der Waals surface area contributed by atoms with E-state index in [2.05, 4.69) is 49.0 Å². The van der Waals surface area contributed by atoms with Crippen molar-refractivity contribution in [2.75, 3.05) is 11.9 Å². The van der Waals surface area contributed by atoms with Crippen molar-refractivity contribution in [3.8, 4) is 0 Å². The van der Waals surface area contributed by atoms with Gasteiger partial charge in [0.1, 0.15) is 0 Å². The van der Waals surface area contributed by atoms with Gasteiger partial charge in [-0.25, -0.2) is 4.98 Å². The number of imidazole rings is 1. The quantitative estimate of drug-likeness (QED) is 0.562. The number of H-pyrrole nitrogens is 2. The van der Waals surface area contributed by atoms with Crippen LogP contribution in [0.25, 0.3) is 10.9 Å². The highest BCUT2D eigenvalue weighted by atomic mass is 15.1. The summed E-state index contributed by atoms with van der Waals surface area (Å²) < 4.78 is 0. The fourth-order valence-electron chi connectivity index (χ4n) is 3.54. The number of aromatic nitrogens is 4. The maximum absolute atomic E-state index is 4.08. The molecule has 2 aromatic heterocycles. The van der Waals surface area contributed by atoms with Gasteiger partial charge in [0.2, 0.25) is 0 Å². The first-order valence-electron chi connectivity index (χ1n) is 8.77. The zero-order valence-corrected chi connectivity index (χ0v) is 13.8. The molecule has 1 aromatic carbocycles. The minimum absolute atomic E-state index is 0.569. The van der Waals surface area contributed by atoms with E-state index in [1.165, 1.54) is 37.1 Å². The lowest BCUT2D eigenvalue weighted by Crippen LogP contribution is -2.37. The van der Waals surface area contributed by atoms with Crippen molar-refractivity contribution in [2.45, 2.75) is 44.2 Å². The predicted octanol–water partition coefficient (Wildman–Crippen LogP) is 2.84. The summed E-state index contributed by atoms with van der Waals surface area (Å²) in [5.74, 6) is 0. The van der Waals surface area contributed by atoms with Crippen LogP contribution in [0.15, 0.2) is 36.9 Å². The van der Waals surface area contributed by atoms with Gasteiger partial charge >= 0.3 is 0 Å². The van der Waals surface area contributed by atoms with Crippen molar-refractivity contribution in [3.05, 3.63) is 42.6 Å². The summed E-state index contributed by atoms with van der Waals surface area (Å²) in [6.07, 6.45) is 11.4. The van der Waals surface area contributed by atoms with E-state index < -0.39 is 0 Å². The second-order valence-electron chi connectivity index (χ2n) is 6.65. The molecule has 1 saturated carbocycles. The summed E-state index contributed by atoms with van der Waals surface area (Å²) in [7, 11) is 0. The monoisotopic (exact) mass is 324 g/mol. The van der Waals surface area contributed by atoms with Gasteiger partial charge in [-0.15, -0.1) is 0 Å². The SMILES string of the molecule is c1ncc(CCN[C@H]2CC[C@@H](Nc3ccc4[nH]ncc4c3)CC2)[nH]1. The lowest BCUT2D eigenvalue weighted by molar-refractivity contribution is 0.355. The molecule has 4 rings (SSSR count). The highest BCUT2D eigenvalue weighted by molar-refractivity contribution is 5.81. The third-order valence-electron chi connectivity index (χ3n) is 4.92. The Kier molecular flexibility index (Phi) is 4.46. The molecule has 1 aliphatic rings. The third-order valence-corrected chi connectivity index (χ3v) is 4.92. The molecule has 0 radical (unpaired) electrons. The van der Waals surface area contributed by atoms with Gasteiger partial charge in [0, 0.05) is 48.0 Å². The summed E-state index contributed by atoms with van der Waals surface area (Å²) in [6.45, 7) is 1.02. The lowest BCUT2D eigenvalue weighted by atomic mass is 9.91. The van der Waals surface area contributed by atoms with Crippen molar-refractivity contribution in [2.24, 2.45) is 0 Å². The molecule has 4 N–H and O–H groups in total. The Balaban J connectivity index is 1.22. The molecule has 0 bridgehead atoms. The van der Waals surface area contributed by atoms with E-state index in [4.69, 9.17) is 0 Å². The molecule has 6 heteroatoms. The van der Waals surface area contributed by atoms with Crippen molar-refractivity contribution >= 4 is 16.6 Å². The number of rotatable bonds is 6. The van der Waals surface area contributed by atoms with Crippen LogP contribution < -0.4 is 10.6 Å². The molecule has 126 valence electrons. The molecule has 24 heavy (non-hydrogen) atoms. The number of benzene rings is 1. The van der Waals surface area contributed by atoms with Crippen molar-refractivity contribution in [3.63, 3.8) is 0 Å².